The zero-order chi connectivity index (χ0) is 15.6. The number of tetrazole rings is 1. The number of rotatable bonds is 4. The van der Waals surface area contributed by atoms with Crippen molar-refractivity contribution >= 4 is 17.7 Å². The molecule has 18 heavy (non-hydrogen) atoms. The molecule has 0 bridgehead atoms. The molecule has 0 aliphatic rings. The minimum Gasteiger partial charge on any atom is -0.439 e. The van der Waals surface area contributed by atoms with E-state index in [0.29, 0.717) is 4.80 Å². The highest BCUT2D eigenvalue weighted by atomic mass is 35.5. The molecule has 2 aromatic rings. The van der Waals surface area contributed by atoms with Crippen molar-refractivity contribution in [3.05, 3.63) is 41.2 Å². The van der Waals surface area contributed by atoms with Gasteiger partial charge in [-0.15, -0.1) is 10.2 Å². The normalized spacial score (nSPS) is 15.3. The van der Waals surface area contributed by atoms with E-state index in [1.807, 2.05) is 0 Å². The highest BCUT2D eigenvalue weighted by Gasteiger charge is 2.19. The Morgan fingerprint density at radius 3 is 3.17 bits per heavy atom. The first kappa shape index (κ1) is 8.87. The van der Waals surface area contributed by atoms with Crippen molar-refractivity contribution in [2.24, 2.45) is 5.73 Å². The summed E-state index contributed by atoms with van der Waals surface area (Å²) in [5.74, 6) is 0. The Hall–Kier alpha value is -2.15. The number of carbonyl (C=O) groups is 1. The maximum absolute atomic E-state index is 11.1. The van der Waals surface area contributed by atoms with Crippen LogP contribution in [0.25, 0.3) is 0 Å². The molecular weight excluding hydrogens is 258 g/mol. The van der Waals surface area contributed by atoms with Crippen LogP contribution in [0.1, 0.15) is 15.8 Å². The van der Waals surface area contributed by atoms with Crippen molar-refractivity contribution < 1.29 is 13.6 Å². The van der Waals surface area contributed by atoms with Gasteiger partial charge in [-0.1, -0.05) is 29.8 Å². The SMILES string of the molecule is [2H]c1ccc([C@@H](OC(N)=O)C([2H])([2H])n2ncnn2)c(Cl)c1. The van der Waals surface area contributed by atoms with Crippen molar-refractivity contribution in [2.45, 2.75) is 12.6 Å². The average molecular weight is 271 g/mol. The maximum Gasteiger partial charge on any atom is 0.405 e. The van der Waals surface area contributed by atoms with Crippen molar-refractivity contribution in [2.75, 3.05) is 0 Å². The van der Waals surface area contributed by atoms with Gasteiger partial charge in [0.2, 0.25) is 0 Å². The molecule has 0 unspecified atom stereocenters. The molecule has 2 N–H and O–H groups in total. The van der Waals surface area contributed by atoms with E-state index in [1.165, 1.54) is 18.2 Å². The fourth-order valence-corrected chi connectivity index (χ4v) is 1.47. The van der Waals surface area contributed by atoms with Gasteiger partial charge in [0.15, 0.2) is 12.4 Å². The quantitative estimate of drug-likeness (QED) is 0.899. The van der Waals surface area contributed by atoms with Crippen LogP contribution in [-0.2, 0) is 11.2 Å². The van der Waals surface area contributed by atoms with Crippen molar-refractivity contribution in [1.29, 1.82) is 0 Å². The van der Waals surface area contributed by atoms with Gasteiger partial charge in [0.1, 0.15) is 6.50 Å². The van der Waals surface area contributed by atoms with Gasteiger partial charge in [-0.05, 0) is 11.3 Å². The number of amides is 1. The zero-order valence-electron chi connectivity index (χ0n) is 11.9. The summed E-state index contributed by atoms with van der Waals surface area (Å²) >= 11 is 5.99. The topological polar surface area (TPSA) is 95.9 Å². The fraction of sp³-hybridized carbons (Fsp3) is 0.200. The lowest BCUT2D eigenvalue weighted by Crippen LogP contribution is -2.22. The summed E-state index contributed by atoms with van der Waals surface area (Å²) in [5, 5.41) is 10.5. The van der Waals surface area contributed by atoms with Gasteiger partial charge >= 0.3 is 6.09 Å². The summed E-state index contributed by atoms with van der Waals surface area (Å²) in [7, 11) is 0. The second kappa shape index (κ2) is 5.46. The van der Waals surface area contributed by atoms with Gasteiger partial charge in [-0.3, -0.25) is 0 Å². The number of aromatic nitrogens is 4. The van der Waals surface area contributed by atoms with E-state index >= 15 is 0 Å². The Morgan fingerprint density at radius 1 is 1.72 bits per heavy atom. The summed E-state index contributed by atoms with van der Waals surface area (Å²) < 4.78 is 28.4. The van der Waals surface area contributed by atoms with E-state index < -0.39 is 18.7 Å². The first-order valence-electron chi connectivity index (χ1n) is 6.28. The predicted octanol–water partition coefficient (Wildman–Crippen LogP) is 1.16. The molecule has 0 aliphatic heterocycles. The van der Waals surface area contributed by atoms with E-state index in [1.54, 1.807) is 0 Å². The van der Waals surface area contributed by atoms with E-state index in [2.05, 4.69) is 15.4 Å². The van der Waals surface area contributed by atoms with Crippen LogP contribution >= 0.6 is 11.6 Å². The second-order valence-electron chi connectivity index (χ2n) is 3.12. The number of primary amides is 1. The van der Waals surface area contributed by atoms with Crippen LogP contribution in [0, 0.1) is 0 Å². The number of carbonyl (C=O) groups excluding carboxylic acids is 1. The van der Waals surface area contributed by atoms with Gasteiger partial charge in [0.05, 0.1) is 4.11 Å². The van der Waals surface area contributed by atoms with Crippen molar-refractivity contribution in [3.8, 4) is 0 Å². The van der Waals surface area contributed by atoms with Crippen LogP contribution in [0.2, 0.25) is 5.02 Å². The smallest absolute Gasteiger partial charge is 0.405 e. The molecule has 1 atom stereocenters. The third kappa shape index (κ3) is 2.95. The van der Waals surface area contributed by atoms with Crippen LogP contribution in [0.15, 0.2) is 30.6 Å². The second-order valence-corrected chi connectivity index (χ2v) is 3.53. The lowest BCUT2D eigenvalue weighted by molar-refractivity contribution is 0.0901. The first-order valence-corrected chi connectivity index (χ1v) is 5.15. The number of benzene rings is 1. The summed E-state index contributed by atoms with van der Waals surface area (Å²) in [6.45, 7) is -2.38. The molecule has 1 heterocycles. The minimum absolute atomic E-state index is 0.0535. The molecular formula is C10H10ClN5O2. The zero-order valence-corrected chi connectivity index (χ0v) is 9.70. The molecule has 0 fully saturated rings. The van der Waals surface area contributed by atoms with Gasteiger partial charge in [-0.25, -0.2) is 4.79 Å². The number of ether oxygens (including phenoxy) is 1. The minimum atomic E-state index is -2.38. The summed E-state index contributed by atoms with van der Waals surface area (Å²) in [6, 6.07) is 4.16. The molecule has 0 saturated heterocycles. The molecule has 1 amide bonds. The Balaban J connectivity index is 2.50. The molecule has 1 aromatic carbocycles. The number of nitrogens with two attached hydrogens (primary N) is 1. The Bertz CT molecular complexity index is 652. The van der Waals surface area contributed by atoms with Gasteiger partial charge in [0.25, 0.3) is 0 Å². The van der Waals surface area contributed by atoms with Gasteiger partial charge in [-0.2, -0.15) is 4.80 Å². The van der Waals surface area contributed by atoms with Crippen molar-refractivity contribution in [3.63, 3.8) is 0 Å². The Kier molecular flexibility index (Phi) is 2.69. The largest absolute Gasteiger partial charge is 0.439 e. The predicted molar refractivity (Wildman–Crippen MR) is 62.7 cm³/mol. The number of halogens is 1. The van der Waals surface area contributed by atoms with Gasteiger partial charge in [0, 0.05) is 10.6 Å². The number of hydrogen-bond acceptors (Lipinski definition) is 5. The van der Waals surface area contributed by atoms with Crippen LogP contribution in [-0.4, -0.2) is 26.3 Å². The maximum atomic E-state index is 11.1. The highest BCUT2D eigenvalue weighted by Crippen LogP contribution is 2.26. The fourth-order valence-electron chi connectivity index (χ4n) is 1.24. The molecule has 7 nitrogen and oxygen atoms in total. The summed E-state index contributed by atoms with van der Waals surface area (Å²) in [5.41, 5.74) is 5.12. The molecule has 2 rings (SSSR count). The number of hydrogen-bond donors (Lipinski definition) is 1. The molecule has 0 radical (unpaired) electrons. The van der Waals surface area contributed by atoms with Crippen LogP contribution in [0.4, 0.5) is 4.79 Å². The summed E-state index contributed by atoms with van der Waals surface area (Å²) in [6.07, 6.45) is -1.65. The van der Waals surface area contributed by atoms with E-state index in [-0.39, 0.29) is 16.6 Å². The molecule has 0 spiro atoms. The lowest BCUT2D eigenvalue weighted by atomic mass is 10.1. The molecule has 94 valence electrons. The van der Waals surface area contributed by atoms with Crippen LogP contribution < -0.4 is 5.73 Å². The standard InChI is InChI=1S/C10H10ClN5O2/c11-8-4-2-1-3-7(8)9(18-10(12)17)5-16-14-6-13-15-16/h1-4,6,9H,5H2,(H2,12,17)/t9-/m0/s1/i2D,5D2. The van der Waals surface area contributed by atoms with E-state index in [0.717, 1.165) is 6.33 Å². The molecule has 1 aromatic heterocycles. The van der Waals surface area contributed by atoms with Crippen LogP contribution in [0.3, 0.4) is 0 Å². The van der Waals surface area contributed by atoms with E-state index in [9.17, 15) is 4.79 Å². The van der Waals surface area contributed by atoms with Gasteiger partial charge < -0.3 is 10.5 Å². The molecule has 0 saturated carbocycles. The Morgan fingerprint density at radius 2 is 2.56 bits per heavy atom. The third-order valence-electron chi connectivity index (χ3n) is 1.94. The first-order chi connectivity index (χ1) is 9.82. The average Bonchev–Trinajstić information content (AvgIpc) is 2.90. The monoisotopic (exact) mass is 270 g/mol. The highest BCUT2D eigenvalue weighted by molar-refractivity contribution is 6.31. The third-order valence-corrected chi connectivity index (χ3v) is 2.27. The number of nitrogens with zero attached hydrogens (tertiary/aromatic N) is 4. The molecule has 8 heteroatoms. The van der Waals surface area contributed by atoms with Crippen molar-refractivity contribution in [1.82, 2.24) is 20.2 Å². The lowest BCUT2D eigenvalue weighted by Gasteiger charge is -2.17. The molecule has 0 aliphatic carbocycles. The van der Waals surface area contributed by atoms with E-state index in [4.69, 9.17) is 26.2 Å². The summed E-state index contributed by atoms with van der Waals surface area (Å²) in [4.78, 5) is 11.7. The van der Waals surface area contributed by atoms with Crippen LogP contribution in [0.5, 0.6) is 0 Å². The Labute approximate surface area is 112 Å².